The summed E-state index contributed by atoms with van der Waals surface area (Å²) in [5.74, 6) is 0.784. The van der Waals surface area contributed by atoms with E-state index in [1.54, 1.807) is 16.8 Å². The maximum atomic E-state index is 12.0. The molecule has 1 aromatic carbocycles. The lowest BCUT2D eigenvalue weighted by atomic mass is 10.2. The lowest BCUT2D eigenvalue weighted by Crippen LogP contribution is -2.23. The van der Waals surface area contributed by atoms with Gasteiger partial charge in [0, 0.05) is 24.1 Å². The summed E-state index contributed by atoms with van der Waals surface area (Å²) in [6, 6.07) is 13.6. The van der Waals surface area contributed by atoms with Gasteiger partial charge < -0.3 is 0 Å². The Labute approximate surface area is 143 Å². The lowest BCUT2D eigenvalue weighted by molar-refractivity contribution is 0.517. The molecule has 0 saturated carbocycles. The number of aryl methyl sites for hydroxylation is 1. The number of alkyl halides is 1. The van der Waals surface area contributed by atoms with Gasteiger partial charge in [-0.25, -0.2) is 4.68 Å². The van der Waals surface area contributed by atoms with Crippen LogP contribution in [0.2, 0.25) is 0 Å². The SMILES string of the molecule is O=c1ccc(-n2ccc3ccccc32)nn1CCCCCCBr. The van der Waals surface area contributed by atoms with Gasteiger partial charge in [0.05, 0.1) is 5.52 Å². The summed E-state index contributed by atoms with van der Waals surface area (Å²) < 4.78 is 3.61. The average molecular weight is 374 g/mol. The molecule has 0 bridgehead atoms. The van der Waals surface area contributed by atoms with Crippen LogP contribution in [-0.2, 0) is 6.54 Å². The molecule has 0 radical (unpaired) electrons. The number of hydrogen-bond acceptors (Lipinski definition) is 2. The number of nitrogens with zero attached hydrogens (tertiary/aromatic N) is 3. The summed E-state index contributed by atoms with van der Waals surface area (Å²) in [4.78, 5) is 12.0. The molecule has 2 heterocycles. The minimum absolute atomic E-state index is 0.0364. The molecule has 0 unspecified atom stereocenters. The molecule has 0 N–H and O–H groups in total. The minimum atomic E-state index is -0.0364. The highest BCUT2D eigenvalue weighted by Gasteiger charge is 2.06. The Hall–Kier alpha value is -1.88. The third-order valence-corrected chi connectivity index (χ3v) is 4.51. The zero-order valence-electron chi connectivity index (χ0n) is 13.0. The Balaban J connectivity index is 1.81. The molecule has 0 aliphatic heterocycles. The van der Waals surface area contributed by atoms with Crippen LogP contribution < -0.4 is 5.56 Å². The van der Waals surface area contributed by atoms with Crippen LogP contribution in [0.3, 0.4) is 0 Å². The molecule has 0 fully saturated rings. The van der Waals surface area contributed by atoms with Gasteiger partial charge in [0.15, 0.2) is 5.82 Å². The maximum Gasteiger partial charge on any atom is 0.266 e. The standard InChI is InChI=1S/C18H20BrN3O/c19-12-5-1-2-6-13-22-18(23)10-9-17(20-22)21-14-11-15-7-3-4-8-16(15)21/h3-4,7-11,14H,1-2,5-6,12-13H2. The fourth-order valence-electron chi connectivity index (χ4n) is 2.72. The number of halogens is 1. The van der Waals surface area contributed by atoms with Crippen molar-refractivity contribution in [2.45, 2.75) is 32.2 Å². The summed E-state index contributed by atoms with van der Waals surface area (Å²) in [5, 5.41) is 6.75. The van der Waals surface area contributed by atoms with Crippen molar-refractivity contribution in [2.24, 2.45) is 0 Å². The predicted octanol–water partition coefficient (Wildman–Crippen LogP) is 4.14. The van der Waals surface area contributed by atoms with Crippen molar-refractivity contribution in [1.29, 1.82) is 0 Å². The van der Waals surface area contributed by atoms with E-state index < -0.39 is 0 Å². The number of unbranched alkanes of at least 4 members (excludes halogenated alkanes) is 3. The fraction of sp³-hybridized carbons (Fsp3) is 0.333. The van der Waals surface area contributed by atoms with Crippen molar-refractivity contribution in [3.63, 3.8) is 0 Å². The van der Waals surface area contributed by atoms with E-state index in [4.69, 9.17) is 0 Å². The Bertz CT molecular complexity index is 837. The molecular weight excluding hydrogens is 354 g/mol. The van der Waals surface area contributed by atoms with E-state index in [9.17, 15) is 4.79 Å². The second kappa shape index (κ2) is 7.59. The third-order valence-electron chi connectivity index (χ3n) is 3.95. The third kappa shape index (κ3) is 3.72. The Morgan fingerprint density at radius 1 is 0.957 bits per heavy atom. The largest absolute Gasteiger partial charge is 0.300 e. The highest BCUT2D eigenvalue weighted by molar-refractivity contribution is 9.09. The van der Waals surface area contributed by atoms with Crippen molar-refractivity contribution >= 4 is 26.8 Å². The van der Waals surface area contributed by atoms with Crippen LogP contribution >= 0.6 is 15.9 Å². The van der Waals surface area contributed by atoms with E-state index in [1.165, 1.54) is 18.2 Å². The number of hydrogen-bond donors (Lipinski definition) is 0. The molecule has 2 aromatic heterocycles. The predicted molar refractivity (Wildman–Crippen MR) is 97.6 cm³/mol. The second-order valence-corrected chi connectivity index (χ2v) is 6.39. The first kappa shape index (κ1) is 16.0. The molecule has 0 aliphatic rings. The van der Waals surface area contributed by atoms with Gasteiger partial charge in [-0.3, -0.25) is 9.36 Å². The Morgan fingerprint density at radius 3 is 2.65 bits per heavy atom. The van der Waals surface area contributed by atoms with Crippen LogP contribution in [0.5, 0.6) is 0 Å². The summed E-state index contributed by atoms with van der Waals surface area (Å²) >= 11 is 3.44. The van der Waals surface area contributed by atoms with Gasteiger partial charge in [0.2, 0.25) is 0 Å². The Morgan fingerprint density at radius 2 is 1.78 bits per heavy atom. The molecule has 3 aromatic rings. The number of para-hydroxylation sites is 1. The number of rotatable bonds is 7. The molecule has 4 nitrogen and oxygen atoms in total. The molecule has 3 rings (SSSR count). The molecular formula is C18H20BrN3O. The highest BCUT2D eigenvalue weighted by Crippen LogP contribution is 2.18. The molecule has 0 amide bonds. The normalized spacial score (nSPS) is 11.2. The topological polar surface area (TPSA) is 39.8 Å². The van der Waals surface area contributed by atoms with Crippen LogP contribution in [-0.4, -0.2) is 19.7 Å². The molecule has 120 valence electrons. The number of aromatic nitrogens is 3. The molecule has 23 heavy (non-hydrogen) atoms. The van der Waals surface area contributed by atoms with Crippen LogP contribution in [0.1, 0.15) is 25.7 Å². The van der Waals surface area contributed by atoms with Crippen molar-refractivity contribution in [3.8, 4) is 5.82 Å². The van der Waals surface area contributed by atoms with E-state index in [0.717, 1.165) is 29.5 Å². The average Bonchev–Trinajstić information content (AvgIpc) is 3.00. The minimum Gasteiger partial charge on any atom is -0.300 e. The van der Waals surface area contributed by atoms with Gasteiger partial charge >= 0.3 is 0 Å². The van der Waals surface area contributed by atoms with E-state index in [0.29, 0.717) is 6.54 Å². The maximum absolute atomic E-state index is 12.0. The van der Waals surface area contributed by atoms with Gasteiger partial charge in [0.25, 0.3) is 5.56 Å². The van der Waals surface area contributed by atoms with E-state index in [2.05, 4.69) is 39.2 Å². The van der Waals surface area contributed by atoms with Crippen LogP contribution in [0.15, 0.2) is 53.5 Å². The highest BCUT2D eigenvalue weighted by atomic mass is 79.9. The second-order valence-electron chi connectivity index (χ2n) is 5.60. The zero-order chi connectivity index (χ0) is 16.1. The van der Waals surface area contributed by atoms with Crippen molar-refractivity contribution in [2.75, 3.05) is 5.33 Å². The lowest BCUT2D eigenvalue weighted by Gasteiger charge is -2.08. The van der Waals surface area contributed by atoms with Crippen LogP contribution in [0, 0.1) is 0 Å². The van der Waals surface area contributed by atoms with Crippen LogP contribution in [0.25, 0.3) is 16.7 Å². The molecule has 5 heteroatoms. The number of benzene rings is 1. The van der Waals surface area contributed by atoms with E-state index in [1.807, 2.05) is 22.9 Å². The first-order valence-corrected chi connectivity index (χ1v) is 9.12. The van der Waals surface area contributed by atoms with Gasteiger partial charge in [0.1, 0.15) is 0 Å². The molecule has 0 aliphatic carbocycles. The monoisotopic (exact) mass is 373 g/mol. The number of fused-ring (bicyclic) bond motifs is 1. The Kier molecular flexibility index (Phi) is 5.28. The zero-order valence-corrected chi connectivity index (χ0v) is 14.6. The summed E-state index contributed by atoms with van der Waals surface area (Å²) in [6.45, 7) is 0.675. The fourth-order valence-corrected chi connectivity index (χ4v) is 3.12. The van der Waals surface area contributed by atoms with Gasteiger partial charge in [-0.05, 0) is 36.4 Å². The first-order valence-electron chi connectivity index (χ1n) is 8.00. The quantitative estimate of drug-likeness (QED) is 0.461. The van der Waals surface area contributed by atoms with E-state index in [-0.39, 0.29) is 5.56 Å². The smallest absolute Gasteiger partial charge is 0.266 e. The molecule has 0 atom stereocenters. The molecule has 0 spiro atoms. The van der Waals surface area contributed by atoms with Gasteiger partial charge in [-0.2, -0.15) is 5.10 Å². The van der Waals surface area contributed by atoms with Crippen molar-refractivity contribution in [1.82, 2.24) is 14.3 Å². The summed E-state index contributed by atoms with van der Waals surface area (Å²) in [7, 11) is 0. The van der Waals surface area contributed by atoms with Crippen molar-refractivity contribution in [3.05, 3.63) is 59.0 Å². The van der Waals surface area contributed by atoms with Gasteiger partial charge in [-0.15, -0.1) is 0 Å². The first-order chi connectivity index (χ1) is 11.3. The van der Waals surface area contributed by atoms with Gasteiger partial charge in [-0.1, -0.05) is 47.0 Å². The summed E-state index contributed by atoms with van der Waals surface area (Å²) in [6.07, 6.45) is 6.46. The van der Waals surface area contributed by atoms with Crippen molar-refractivity contribution < 1.29 is 0 Å². The summed E-state index contributed by atoms with van der Waals surface area (Å²) in [5.41, 5.74) is 1.06. The molecule has 0 saturated heterocycles. The van der Waals surface area contributed by atoms with E-state index >= 15 is 0 Å². The van der Waals surface area contributed by atoms with Crippen LogP contribution in [0.4, 0.5) is 0 Å².